The van der Waals surface area contributed by atoms with Gasteiger partial charge in [-0.15, -0.1) is 0 Å². The van der Waals surface area contributed by atoms with Crippen LogP contribution in [-0.2, 0) is 0 Å². The first kappa shape index (κ1) is 13.9. The Hall–Kier alpha value is -1.55. The van der Waals surface area contributed by atoms with Gasteiger partial charge in [-0.05, 0) is 31.3 Å². The molecule has 1 atom stereocenters. The molecule has 1 aliphatic heterocycles. The fraction of sp³-hybridized carbons (Fsp3) is 0.533. The molecule has 0 fully saturated rings. The van der Waals surface area contributed by atoms with Crippen molar-refractivity contribution in [1.82, 2.24) is 4.90 Å². The highest BCUT2D eigenvalue weighted by Crippen LogP contribution is 2.33. The van der Waals surface area contributed by atoms with E-state index in [1.165, 1.54) is 0 Å². The van der Waals surface area contributed by atoms with Gasteiger partial charge in [0.1, 0.15) is 0 Å². The molecule has 104 valence electrons. The summed E-state index contributed by atoms with van der Waals surface area (Å²) < 4.78 is 10.6. The summed E-state index contributed by atoms with van der Waals surface area (Å²) in [5, 5.41) is 0. The smallest absolute Gasteiger partial charge is 0.231 e. The van der Waals surface area contributed by atoms with E-state index in [-0.39, 0.29) is 18.5 Å². The highest BCUT2D eigenvalue weighted by atomic mass is 16.7. The van der Waals surface area contributed by atoms with Gasteiger partial charge in [-0.3, -0.25) is 4.79 Å². The SMILES string of the molecule is CCN(CC)CC(C)C(=O)c1ccc2c(c1)OCO2. The lowest BCUT2D eigenvalue weighted by Gasteiger charge is -2.21. The van der Waals surface area contributed by atoms with Crippen LogP contribution in [-0.4, -0.2) is 37.1 Å². The number of fused-ring (bicyclic) bond motifs is 1. The van der Waals surface area contributed by atoms with Crippen molar-refractivity contribution < 1.29 is 14.3 Å². The second-order valence-electron chi connectivity index (χ2n) is 4.82. The van der Waals surface area contributed by atoms with E-state index in [2.05, 4.69) is 18.7 Å². The molecule has 1 aliphatic rings. The van der Waals surface area contributed by atoms with Crippen molar-refractivity contribution in [1.29, 1.82) is 0 Å². The van der Waals surface area contributed by atoms with Gasteiger partial charge in [-0.1, -0.05) is 20.8 Å². The summed E-state index contributed by atoms with van der Waals surface area (Å²) in [5.74, 6) is 1.53. The zero-order chi connectivity index (χ0) is 13.8. The van der Waals surface area contributed by atoms with Crippen LogP contribution >= 0.6 is 0 Å². The highest BCUT2D eigenvalue weighted by molar-refractivity contribution is 5.98. The van der Waals surface area contributed by atoms with Gasteiger partial charge in [0.25, 0.3) is 0 Å². The number of carbonyl (C=O) groups is 1. The Morgan fingerprint density at radius 2 is 1.95 bits per heavy atom. The highest BCUT2D eigenvalue weighted by Gasteiger charge is 2.21. The molecule has 2 rings (SSSR count). The van der Waals surface area contributed by atoms with Crippen LogP contribution in [0, 0.1) is 5.92 Å². The predicted molar refractivity (Wildman–Crippen MR) is 73.8 cm³/mol. The van der Waals surface area contributed by atoms with Crippen LogP contribution < -0.4 is 9.47 Å². The van der Waals surface area contributed by atoms with Gasteiger partial charge in [0, 0.05) is 18.0 Å². The van der Waals surface area contributed by atoms with Crippen LogP contribution in [0.25, 0.3) is 0 Å². The van der Waals surface area contributed by atoms with E-state index in [0.717, 1.165) is 19.6 Å². The van der Waals surface area contributed by atoms with Gasteiger partial charge < -0.3 is 14.4 Å². The zero-order valence-electron chi connectivity index (χ0n) is 11.8. The summed E-state index contributed by atoms with van der Waals surface area (Å²) in [7, 11) is 0. The summed E-state index contributed by atoms with van der Waals surface area (Å²) in [6, 6.07) is 5.40. The lowest BCUT2D eigenvalue weighted by Crippen LogP contribution is -2.31. The van der Waals surface area contributed by atoms with Crippen LogP contribution in [0.3, 0.4) is 0 Å². The first-order valence-corrected chi connectivity index (χ1v) is 6.81. The van der Waals surface area contributed by atoms with Crippen molar-refractivity contribution in [2.45, 2.75) is 20.8 Å². The summed E-state index contributed by atoms with van der Waals surface area (Å²) in [6.45, 7) is 9.17. The number of nitrogens with zero attached hydrogens (tertiary/aromatic N) is 1. The topological polar surface area (TPSA) is 38.8 Å². The van der Waals surface area contributed by atoms with Gasteiger partial charge >= 0.3 is 0 Å². The molecule has 1 heterocycles. The van der Waals surface area contributed by atoms with Gasteiger partial charge in [-0.2, -0.15) is 0 Å². The van der Waals surface area contributed by atoms with E-state index in [1.54, 1.807) is 12.1 Å². The predicted octanol–water partition coefficient (Wildman–Crippen LogP) is 2.58. The summed E-state index contributed by atoms with van der Waals surface area (Å²) in [5.41, 5.74) is 0.698. The van der Waals surface area contributed by atoms with Crippen molar-refractivity contribution >= 4 is 5.78 Å². The minimum absolute atomic E-state index is 0.0136. The Balaban J connectivity index is 2.06. The molecule has 1 aromatic rings. The maximum absolute atomic E-state index is 12.4. The number of ether oxygens (including phenoxy) is 2. The number of rotatable bonds is 6. The monoisotopic (exact) mass is 263 g/mol. The van der Waals surface area contributed by atoms with Crippen LogP contribution in [0.4, 0.5) is 0 Å². The Bertz CT molecular complexity index is 455. The van der Waals surface area contributed by atoms with Gasteiger partial charge in [0.05, 0.1) is 0 Å². The molecule has 1 unspecified atom stereocenters. The molecular weight excluding hydrogens is 242 g/mol. The Morgan fingerprint density at radius 1 is 1.26 bits per heavy atom. The molecule has 0 spiro atoms. The fourth-order valence-corrected chi connectivity index (χ4v) is 2.29. The third kappa shape index (κ3) is 3.07. The lowest BCUT2D eigenvalue weighted by atomic mass is 9.98. The van der Waals surface area contributed by atoms with Crippen molar-refractivity contribution in [3.8, 4) is 11.5 Å². The second kappa shape index (κ2) is 6.06. The average molecular weight is 263 g/mol. The molecule has 0 aromatic heterocycles. The van der Waals surface area contributed by atoms with Crippen molar-refractivity contribution in [2.75, 3.05) is 26.4 Å². The summed E-state index contributed by atoms with van der Waals surface area (Å²) >= 11 is 0. The molecule has 0 N–H and O–H groups in total. The number of carbonyl (C=O) groups excluding carboxylic acids is 1. The number of hydrogen-bond donors (Lipinski definition) is 0. The van der Waals surface area contributed by atoms with E-state index in [1.807, 2.05) is 13.0 Å². The van der Waals surface area contributed by atoms with E-state index < -0.39 is 0 Å². The average Bonchev–Trinajstić information content (AvgIpc) is 2.90. The van der Waals surface area contributed by atoms with E-state index in [9.17, 15) is 4.79 Å². The first-order valence-electron chi connectivity index (χ1n) is 6.81. The Morgan fingerprint density at radius 3 is 2.63 bits per heavy atom. The van der Waals surface area contributed by atoms with E-state index in [4.69, 9.17) is 9.47 Å². The molecule has 0 aliphatic carbocycles. The van der Waals surface area contributed by atoms with Gasteiger partial charge in [0.2, 0.25) is 6.79 Å². The molecule has 0 bridgehead atoms. The van der Waals surface area contributed by atoms with Gasteiger partial charge in [0.15, 0.2) is 17.3 Å². The Labute approximate surface area is 114 Å². The maximum atomic E-state index is 12.4. The second-order valence-corrected chi connectivity index (χ2v) is 4.82. The molecule has 0 saturated heterocycles. The molecule has 0 amide bonds. The molecular formula is C15H21NO3. The molecule has 19 heavy (non-hydrogen) atoms. The number of benzene rings is 1. The molecule has 0 radical (unpaired) electrons. The standard InChI is InChI=1S/C15H21NO3/c1-4-16(5-2)9-11(3)15(17)12-6-7-13-14(8-12)19-10-18-13/h6-8,11H,4-5,9-10H2,1-3H3. The van der Waals surface area contributed by atoms with Crippen LogP contribution in [0.5, 0.6) is 11.5 Å². The fourth-order valence-electron chi connectivity index (χ4n) is 2.29. The minimum Gasteiger partial charge on any atom is -0.454 e. The number of hydrogen-bond acceptors (Lipinski definition) is 4. The normalized spacial score (nSPS) is 14.7. The van der Waals surface area contributed by atoms with E-state index in [0.29, 0.717) is 17.1 Å². The lowest BCUT2D eigenvalue weighted by molar-refractivity contribution is 0.0898. The number of Topliss-reactive ketones (excluding diaryl/α,β-unsaturated/α-hetero) is 1. The van der Waals surface area contributed by atoms with Crippen LogP contribution in [0.1, 0.15) is 31.1 Å². The van der Waals surface area contributed by atoms with E-state index >= 15 is 0 Å². The third-order valence-electron chi connectivity index (χ3n) is 3.53. The third-order valence-corrected chi connectivity index (χ3v) is 3.53. The van der Waals surface area contributed by atoms with Crippen molar-refractivity contribution in [3.63, 3.8) is 0 Å². The van der Waals surface area contributed by atoms with Crippen LogP contribution in [0.15, 0.2) is 18.2 Å². The Kier molecular flexibility index (Phi) is 4.43. The first-order chi connectivity index (χ1) is 9.15. The number of ketones is 1. The maximum Gasteiger partial charge on any atom is 0.231 e. The van der Waals surface area contributed by atoms with Crippen molar-refractivity contribution in [3.05, 3.63) is 23.8 Å². The molecule has 1 aromatic carbocycles. The molecule has 0 saturated carbocycles. The van der Waals surface area contributed by atoms with Crippen molar-refractivity contribution in [2.24, 2.45) is 5.92 Å². The van der Waals surface area contributed by atoms with Crippen LogP contribution in [0.2, 0.25) is 0 Å². The van der Waals surface area contributed by atoms with Gasteiger partial charge in [-0.25, -0.2) is 0 Å². The quantitative estimate of drug-likeness (QED) is 0.739. The largest absolute Gasteiger partial charge is 0.454 e. The summed E-state index contributed by atoms with van der Waals surface area (Å²) in [4.78, 5) is 14.6. The zero-order valence-corrected chi connectivity index (χ0v) is 11.8. The summed E-state index contributed by atoms with van der Waals surface area (Å²) in [6.07, 6.45) is 0. The minimum atomic E-state index is -0.0136. The molecule has 4 nitrogen and oxygen atoms in total. The molecule has 4 heteroatoms.